The van der Waals surface area contributed by atoms with E-state index in [0.717, 1.165) is 10.9 Å². The molecule has 1 heterocycles. The van der Waals surface area contributed by atoms with Crippen LogP contribution >= 0.6 is 0 Å². The smallest absolute Gasteiger partial charge is 0.117 e. The molecule has 0 aliphatic heterocycles. The molecule has 2 nitrogen and oxygen atoms in total. The second kappa shape index (κ2) is 3.67. The standard InChI is InChI=1S/C15H13NO/c1-10-2-4-11(5-3-10)14-9-16-15-8-12(17)6-7-13(14)15/h2-9,16-17H,1H3. The minimum absolute atomic E-state index is 0.287. The fraction of sp³-hybridized carbons (Fsp3) is 0.0667. The van der Waals surface area contributed by atoms with Gasteiger partial charge in [0.2, 0.25) is 0 Å². The van der Waals surface area contributed by atoms with E-state index >= 15 is 0 Å². The van der Waals surface area contributed by atoms with Crippen molar-refractivity contribution in [3.05, 3.63) is 54.2 Å². The molecule has 0 bridgehead atoms. The van der Waals surface area contributed by atoms with Gasteiger partial charge in [-0.3, -0.25) is 0 Å². The number of phenols is 1. The minimum atomic E-state index is 0.287. The van der Waals surface area contributed by atoms with Crippen LogP contribution in [0.15, 0.2) is 48.7 Å². The molecule has 0 saturated heterocycles. The zero-order chi connectivity index (χ0) is 11.8. The van der Waals surface area contributed by atoms with Crippen LogP contribution in [0.1, 0.15) is 5.56 Å². The topological polar surface area (TPSA) is 36.0 Å². The number of phenolic OH excluding ortho intramolecular Hbond substituents is 1. The monoisotopic (exact) mass is 223 g/mol. The highest BCUT2D eigenvalue weighted by atomic mass is 16.3. The lowest BCUT2D eigenvalue weighted by Gasteiger charge is -2.00. The number of rotatable bonds is 1. The number of aromatic hydroxyl groups is 1. The summed E-state index contributed by atoms with van der Waals surface area (Å²) in [7, 11) is 0. The van der Waals surface area contributed by atoms with Crippen LogP contribution in [0, 0.1) is 6.92 Å². The molecule has 2 aromatic carbocycles. The lowest BCUT2D eigenvalue weighted by molar-refractivity contribution is 0.476. The van der Waals surface area contributed by atoms with Crippen molar-refractivity contribution in [2.75, 3.05) is 0 Å². The van der Waals surface area contributed by atoms with Crippen molar-refractivity contribution in [2.24, 2.45) is 0 Å². The Labute approximate surface area is 99.5 Å². The number of benzene rings is 2. The quantitative estimate of drug-likeness (QED) is 0.645. The van der Waals surface area contributed by atoms with Crippen molar-refractivity contribution in [3.8, 4) is 16.9 Å². The highest BCUT2D eigenvalue weighted by Crippen LogP contribution is 2.30. The second-order valence-corrected chi connectivity index (χ2v) is 4.30. The van der Waals surface area contributed by atoms with Gasteiger partial charge >= 0.3 is 0 Å². The van der Waals surface area contributed by atoms with E-state index in [2.05, 4.69) is 36.2 Å². The van der Waals surface area contributed by atoms with Crippen LogP contribution in [0.3, 0.4) is 0 Å². The van der Waals surface area contributed by atoms with Crippen LogP contribution in [0.2, 0.25) is 0 Å². The van der Waals surface area contributed by atoms with Gasteiger partial charge in [0.1, 0.15) is 5.75 Å². The SMILES string of the molecule is Cc1ccc(-c2c[nH]c3cc(O)ccc23)cc1. The highest BCUT2D eigenvalue weighted by Gasteiger charge is 2.05. The number of aryl methyl sites for hydroxylation is 1. The molecule has 17 heavy (non-hydrogen) atoms. The molecule has 84 valence electrons. The molecular weight excluding hydrogens is 210 g/mol. The Balaban J connectivity index is 2.21. The van der Waals surface area contributed by atoms with Crippen LogP contribution in [-0.4, -0.2) is 10.1 Å². The first-order chi connectivity index (χ1) is 8.24. The van der Waals surface area contributed by atoms with E-state index in [1.807, 2.05) is 12.3 Å². The molecule has 0 amide bonds. The van der Waals surface area contributed by atoms with Gasteiger partial charge in [0.15, 0.2) is 0 Å². The van der Waals surface area contributed by atoms with Gasteiger partial charge in [0.05, 0.1) is 0 Å². The fourth-order valence-corrected chi connectivity index (χ4v) is 2.09. The van der Waals surface area contributed by atoms with E-state index in [1.165, 1.54) is 16.7 Å². The average molecular weight is 223 g/mol. The molecule has 0 unspecified atom stereocenters. The fourth-order valence-electron chi connectivity index (χ4n) is 2.09. The van der Waals surface area contributed by atoms with E-state index in [4.69, 9.17) is 0 Å². The lowest BCUT2D eigenvalue weighted by Crippen LogP contribution is -1.76. The molecule has 0 atom stereocenters. The largest absolute Gasteiger partial charge is 0.508 e. The van der Waals surface area contributed by atoms with Crippen LogP contribution < -0.4 is 0 Å². The summed E-state index contributed by atoms with van der Waals surface area (Å²) in [6, 6.07) is 13.8. The molecule has 2 heteroatoms. The van der Waals surface area contributed by atoms with Gasteiger partial charge in [-0.25, -0.2) is 0 Å². The Morgan fingerprint density at radius 1 is 1.00 bits per heavy atom. The van der Waals surface area contributed by atoms with Gasteiger partial charge in [-0.05, 0) is 24.6 Å². The first kappa shape index (κ1) is 9.97. The van der Waals surface area contributed by atoms with E-state index in [9.17, 15) is 5.11 Å². The number of nitrogens with one attached hydrogen (secondary N) is 1. The van der Waals surface area contributed by atoms with Crippen LogP contribution in [0.5, 0.6) is 5.75 Å². The van der Waals surface area contributed by atoms with E-state index < -0.39 is 0 Å². The molecule has 3 rings (SSSR count). The summed E-state index contributed by atoms with van der Waals surface area (Å²) in [5.41, 5.74) is 4.57. The predicted molar refractivity (Wildman–Crippen MR) is 70.1 cm³/mol. The number of aromatic nitrogens is 1. The number of aromatic amines is 1. The number of hydrogen-bond acceptors (Lipinski definition) is 1. The van der Waals surface area contributed by atoms with Crippen LogP contribution in [0.4, 0.5) is 0 Å². The summed E-state index contributed by atoms with van der Waals surface area (Å²) in [6.45, 7) is 2.08. The van der Waals surface area contributed by atoms with Gasteiger partial charge in [0, 0.05) is 28.7 Å². The Hall–Kier alpha value is -2.22. The molecule has 2 N–H and O–H groups in total. The van der Waals surface area contributed by atoms with Gasteiger partial charge in [-0.15, -0.1) is 0 Å². The third kappa shape index (κ3) is 1.68. The normalized spacial score (nSPS) is 10.9. The van der Waals surface area contributed by atoms with Crippen LogP contribution in [-0.2, 0) is 0 Å². The Morgan fingerprint density at radius 2 is 1.76 bits per heavy atom. The first-order valence-electron chi connectivity index (χ1n) is 5.61. The predicted octanol–water partition coefficient (Wildman–Crippen LogP) is 3.85. The number of H-pyrrole nitrogens is 1. The summed E-state index contributed by atoms with van der Waals surface area (Å²) in [6.07, 6.45) is 1.98. The zero-order valence-electron chi connectivity index (χ0n) is 9.57. The first-order valence-corrected chi connectivity index (χ1v) is 5.61. The van der Waals surface area contributed by atoms with Gasteiger partial charge in [0.25, 0.3) is 0 Å². The highest BCUT2D eigenvalue weighted by molar-refractivity contribution is 5.96. The third-order valence-corrected chi connectivity index (χ3v) is 3.03. The molecule has 3 aromatic rings. The summed E-state index contributed by atoms with van der Waals surface area (Å²) in [5.74, 6) is 0.287. The molecule has 1 aromatic heterocycles. The lowest BCUT2D eigenvalue weighted by atomic mass is 10.0. The molecule has 0 spiro atoms. The van der Waals surface area contributed by atoms with E-state index in [-0.39, 0.29) is 5.75 Å². The maximum absolute atomic E-state index is 9.43. The summed E-state index contributed by atoms with van der Waals surface area (Å²) >= 11 is 0. The van der Waals surface area contributed by atoms with Crippen molar-refractivity contribution in [1.82, 2.24) is 4.98 Å². The molecular formula is C15H13NO. The Kier molecular flexibility index (Phi) is 2.15. The summed E-state index contributed by atoms with van der Waals surface area (Å²) < 4.78 is 0. The van der Waals surface area contributed by atoms with Crippen LogP contribution in [0.25, 0.3) is 22.0 Å². The van der Waals surface area contributed by atoms with Crippen molar-refractivity contribution < 1.29 is 5.11 Å². The molecule has 0 saturated carbocycles. The maximum atomic E-state index is 9.43. The Morgan fingerprint density at radius 3 is 2.53 bits per heavy atom. The van der Waals surface area contributed by atoms with E-state index in [0.29, 0.717) is 0 Å². The average Bonchev–Trinajstić information content (AvgIpc) is 2.73. The number of hydrogen-bond donors (Lipinski definition) is 2. The Bertz CT molecular complexity index is 665. The summed E-state index contributed by atoms with van der Waals surface area (Å²) in [4.78, 5) is 3.18. The van der Waals surface area contributed by atoms with Crippen molar-refractivity contribution >= 4 is 10.9 Å². The molecule has 0 aliphatic carbocycles. The van der Waals surface area contributed by atoms with Crippen molar-refractivity contribution in [3.63, 3.8) is 0 Å². The third-order valence-electron chi connectivity index (χ3n) is 3.03. The summed E-state index contributed by atoms with van der Waals surface area (Å²) in [5, 5.41) is 10.6. The molecule has 0 fully saturated rings. The van der Waals surface area contributed by atoms with E-state index in [1.54, 1.807) is 12.1 Å². The number of fused-ring (bicyclic) bond motifs is 1. The van der Waals surface area contributed by atoms with Gasteiger partial charge < -0.3 is 10.1 Å². The van der Waals surface area contributed by atoms with Crippen molar-refractivity contribution in [2.45, 2.75) is 6.92 Å². The zero-order valence-corrected chi connectivity index (χ0v) is 9.57. The van der Waals surface area contributed by atoms with Crippen molar-refractivity contribution in [1.29, 1.82) is 0 Å². The van der Waals surface area contributed by atoms with Gasteiger partial charge in [-0.2, -0.15) is 0 Å². The molecule has 0 radical (unpaired) electrons. The maximum Gasteiger partial charge on any atom is 0.117 e. The second-order valence-electron chi connectivity index (χ2n) is 4.30. The molecule has 0 aliphatic rings. The van der Waals surface area contributed by atoms with Gasteiger partial charge in [-0.1, -0.05) is 29.8 Å². The minimum Gasteiger partial charge on any atom is -0.508 e.